The van der Waals surface area contributed by atoms with E-state index >= 15 is 0 Å². The number of allylic oxidation sites excluding steroid dienone is 2. The minimum atomic E-state index is -0.458. The molecule has 3 rings (SSSR count). The number of carbonyl (C=O) groups is 2. The van der Waals surface area contributed by atoms with Crippen LogP contribution in [0, 0.1) is 5.92 Å². The SMILES string of the molecule is COC(=O)N1C=C[C@H]2C=C[C@H]1[C@@H]1C=CC=C[C@@H]2N1C(=O)OC. The average molecular weight is 302 g/mol. The molecule has 3 heterocycles. The number of ether oxygens (including phenoxy) is 2. The summed E-state index contributed by atoms with van der Waals surface area (Å²) >= 11 is 0. The van der Waals surface area contributed by atoms with E-state index in [-0.39, 0.29) is 24.0 Å². The number of rotatable bonds is 0. The standard InChI is InChI=1S/C16H18N2O4/c1-21-15(19)17-10-9-11-7-8-13(17)14-6-4-3-5-12(11)18(14)16(20)22-2/h3-14H,1-2H3/t11-,12+,13+,14+/m1/s1. The van der Waals surface area contributed by atoms with Crippen LogP contribution < -0.4 is 0 Å². The maximum Gasteiger partial charge on any atom is 0.414 e. The topological polar surface area (TPSA) is 59.1 Å². The zero-order valence-electron chi connectivity index (χ0n) is 12.5. The number of fused-ring (bicyclic) bond motifs is 6. The van der Waals surface area contributed by atoms with E-state index < -0.39 is 12.2 Å². The van der Waals surface area contributed by atoms with E-state index in [4.69, 9.17) is 9.47 Å². The molecule has 6 heteroatoms. The lowest BCUT2D eigenvalue weighted by Gasteiger charge is -2.40. The quantitative estimate of drug-likeness (QED) is 0.643. The molecule has 22 heavy (non-hydrogen) atoms. The highest BCUT2D eigenvalue weighted by Gasteiger charge is 2.43. The second kappa shape index (κ2) is 5.71. The monoisotopic (exact) mass is 302 g/mol. The Balaban J connectivity index is 2.10. The number of amides is 2. The van der Waals surface area contributed by atoms with Crippen molar-refractivity contribution in [1.82, 2.24) is 9.80 Å². The summed E-state index contributed by atoms with van der Waals surface area (Å²) in [6.07, 6.45) is 14.4. The molecule has 0 unspecified atom stereocenters. The van der Waals surface area contributed by atoms with E-state index in [0.717, 1.165) is 0 Å². The second-order valence-electron chi connectivity index (χ2n) is 5.30. The number of hydrogen-bond donors (Lipinski definition) is 0. The Hall–Kier alpha value is -2.50. The fourth-order valence-corrected chi connectivity index (χ4v) is 3.17. The molecule has 3 aliphatic heterocycles. The molecule has 0 aromatic carbocycles. The van der Waals surface area contributed by atoms with E-state index in [1.807, 2.05) is 42.5 Å². The van der Waals surface area contributed by atoms with Crippen LogP contribution in [0.5, 0.6) is 0 Å². The van der Waals surface area contributed by atoms with Gasteiger partial charge in [0, 0.05) is 12.1 Å². The van der Waals surface area contributed by atoms with E-state index in [1.165, 1.54) is 19.1 Å². The lowest BCUT2D eigenvalue weighted by molar-refractivity contribution is 0.0739. The van der Waals surface area contributed by atoms with Crippen molar-refractivity contribution in [3.8, 4) is 0 Å². The van der Waals surface area contributed by atoms with Gasteiger partial charge < -0.3 is 9.47 Å². The minimum absolute atomic E-state index is 0.0302. The van der Waals surface area contributed by atoms with Crippen LogP contribution in [0.25, 0.3) is 0 Å². The minimum Gasteiger partial charge on any atom is -0.453 e. The Morgan fingerprint density at radius 2 is 1.50 bits per heavy atom. The van der Waals surface area contributed by atoms with E-state index in [2.05, 4.69) is 0 Å². The summed E-state index contributed by atoms with van der Waals surface area (Å²) in [5.74, 6) is -0.0302. The largest absolute Gasteiger partial charge is 0.453 e. The van der Waals surface area contributed by atoms with Crippen LogP contribution in [-0.4, -0.2) is 54.3 Å². The van der Waals surface area contributed by atoms with Crippen molar-refractivity contribution in [2.75, 3.05) is 14.2 Å². The molecule has 0 aromatic heterocycles. The van der Waals surface area contributed by atoms with E-state index in [9.17, 15) is 9.59 Å². The third kappa shape index (κ3) is 2.20. The van der Waals surface area contributed by atoms with Gasteiger partial charge in [0.05, 0.1) is 32.3 Å². The molecular formula is C16H18N2O4. The van der Waals surface area contributed by atoms with Gasteiger partial charge in [-0.2, -0.15) is 0 Å². The van der Waals surface area contributed by atoms with Crippen molar-refractivity contribution < 1.29 is 19.1 Å². The molecular weight excluding hydrogens is 284 g/mol. The van der Waals surface area contributed by atoms with Crippen molar-refractivity contribution >= 4 is 12.2 Å². The fraction of sp³-hybridized carbons (Fsp3) is 0.375. The first kappa shape index (κ1) is 14.4. The van der Waals surface area contributed by atoms with Crippen molar-refractivity contribution in [2.24, 2.45) is 5.92 Å². The van der Waals surface area contributed by atoms with Crippen LogP contribution in [0.2, 0.25) is 0 Å². The Morgan fingerprint density at radius 3 is 2.18 bits per heavy atom. The van der Waals surface area contributed by atoms with Crippen LogP contribution >= 0.6 is 0 Å². The van der Waals surface area contributed by atoms with Gasteiger partial charge in [0.1, 0.15) is 0 Å². The Bertz CT molecular complexity index is 593. The van der Waals surface area contributed by atoms with Gasteiger partial charge in [-0.15, -0.1) is 0 Å². The molecule has 0 aromatic rings. The molecule has 3 aliphatic rings. The summed E-state index contributed by atoms with van der Waals surface area (Å²) in [5.41, 5.74) is 0. The Kier molecular flexibility index (Phi) is 3.75. The lowest BCUT2D eigenvalue weighted by Crippen LogP contribution is -2.56. The summed E-state index contributed by atoms with van der Waals surface area (Å²) in [6.45, 7) is 0. The smallest absolute Gasteiger partial charge is 0.414 e. The lowest BCUT2D eigenvalue weighted by atomic mass is 9.97. The molecule has 4 bridgehead atoms. The van der Waals surface area contributed by atoms with Crippen LogP contribution in [-0.2, 0) is 9.47 Å². The van der Waals surface area contributed by atoms with Crippen molar-refractivity contribution in [2.45, 2.75) is 18.1 Å². The third-order valence-corrected chi connectivity index (χ3v) is 4.21. The number of methoxy groups -OCH3 is 2. The van der Waals surface area contributed by atoms with Gasteiger partial charge in [-0.1, -0.05) is 42.5 Å². The predicted octanol–water partition coefficient (Wildman–Crippen LogP) is 2.07. The zero-order chi connectivity index (χ0) is 15.7. The van der Waals surface area contributed by atoms with Gasteiger partial charge in [-0.3, -0.25) is 9.80 Å². The van der Waals surface area contributed by atoms with Crippen LogP contribution in [0.4, 0.5) is 9.59 Å². The van der Waals surface area contributed by atoms with Crippen LogP contribution in [0.3, 0.4) is 0 Å². The first-order chi connectivity index (χ1) is 10.7. The number of nitrogens with zero attached hydrogens (tertiary/aromatic N) is 2. The molecule has 2 amide bonds. The van der Waals surface area contributed by atoms with E-state index in [0.29, 0.717) is 0 Å². The fourth-order valence-electron chi connectivity index (χ4n) is 3.17. The van der Waals surface area contributed by atoms with Crippen molar-refractivity contribution in [1.29, 1.82) is 0 Å². The average Bonchev–Trinajstić information content (AvgIpc) is 2.95. The first-order valence-corrected chi connectivity index (χ1v) is 7.11. The molecule has 0 saturated heterocycles. The molecule has 0 radical (unpaired) electrons. The second-order valence-corrected chi connectivity index (χ2v) is 5.30. The highest BCUT2D eigenvalue weighted by atomic mass is 16.5. The molecule has 0 spiro atoms. The van der Waals surface area contributed by atoms with Gasteiger partial charge in [0.2, 0.25) is 0 Å². The molecule has 0 fully saturated rings. The number of hydrogen-bond acceptors (Lipinski definition) is 4. The van der Waals surface area contributed by atoms with Crippen LogP contribution in [0.1, 0.15) is 0 Å². The Labute approximate surface area is 129 Å². The molecule has 4 atom stereocenters. The molecule has 0 aliphatic carbocycles. The van der Waals surface area contributed by atoms with E-state index in [1.54, 1.807) is 11.1 Å². The third-order valence-electron chi connectivity index (χ3n) is 4.21. The van der Waals surface area contributed by atoms with Crippen molar-refractivity contribution in [3.63, 3.8) is 0 Å². The van der Waals surface area contributed by atoms with Gasteiger partial charge in [-0.05, 0) is 0 Å². The van der Waals surface area contributed by atoms with Gasteiger partial charge >= 0.3 is 12.2 Å². The van der Waals surface area contributed by atoms with Gasteiger partial charge in [0.25, 0.3) is 0 Å². The maximum absolute atomic E-state index is 12.3. The molecule has 6 nitrogen and oxygen atoms in total. The highest BCUT2D eigenvalue weighted by molar-refractivity contribution is 5.73. The first-order valence-electron chi connectivity index (χ1n) is 7.11. The maximum atomic E-state index is 12.3. The van der Waals surface area contributed by atoms with Crippen LogP contribution in [0.15, 0.2) is 48.7 Å². The van der Waals surface area contributed by atoms with Gasteiger partial charge in [0.15, 0.2) is 0 Å². The summed E-state index contributed by atoms with van der Waals surface area (Å²) in [7, 11) is 2.71. The molecule has 0 saturated carbocycles. The summed E-state index contributed by atoms with van der Waals surface area (Å²) in [5, 5.41) is 0. The molecule has 116 valence electrons. The summed E-state index contributed by atoms with van der Waals surface area (Å²) in [4.78, 5) is 27.5. The zero-order valence-corrected chi connectivity index (χ0v) is 12.5. The van der Waals surface area contributed by atoms with Crippen molar-refractivity contribution in [3.05, 3.63) is 48.7 Å². The predicted molar refractivity (Wildman–Crippen MR) is 79.9 cm³/mol. The normalized spacial score (nSPS) is 31.5. The highest BCUT2D eigenvalue weighted by Crippen LogP contribution is 2.33. The molecule has 0 N–H and O–H groups in total. The summed E-state index contributed by atoms with van der Waals surface area (Å²) in [6, 6.07) is -0.809. The summed E-state index contributed by atoms with van der Waals surface area (Å²) < 4.78 is 9.81. The Morgan fingerprint density at radius 1 is 0.818 bits per heavy atom. The van der Waals surface area contributed by atoms with Gasteiger partial charge in [-0.25, -0.2) is 9.59 Å². The number of carbonyl (C=O) groups excluding carboxylic acids is 2.